The molecule has 1 aliphatic rings. The van der Waals surface area contributed by atoms with Crippen LogP contribution in [0, 0.1) is 17.2 Å². The molecule has 16 heteroatoms. The molecular formula is C23H28N7O8P. The number of aromatic amines is 1. The van der Waals surface area contributed by atoms with Crippen molar-refractivity contribution in [2.24, 2.45) is 5.92 Å². The number of fused-ring (bicyclic) bond motifs is 1. The maximum Gasteiger partial charge on any atom is 0.459 e. The number of H-pyrrole nitrogens is 1. The zero-order valence-electron chi connectivity index (χ0n) is 21.3. The number of anilines is 1. The lowest BCUT2D eigenvalue weighted by atomic mass is 10.0. The minimum Gasteiger partial charge on any atom is -0.462 e. The first-order chi connectivity index (χ1) is 18.5. The molecule has 0 spiro atoms. The Morgan fingerprint density at radius 1 is 1.36 bits per heavy atom. The fourth-order valence-corrected chi connectivity index (χ4v) is 5.40. The number of benzene rings is 1. The molecule has 4 rings (SSSR count). The van der Waals surface area contributed by atoms with Crippen molar-refractivity contribution in [3.8, 4) is 11.8 Å². The van der Waals surface area contributed by atoms with Gasteiger partial charge in [0.2, 0.25) is 5.95 Å². The van der Waals surface area contributed by atoms with E-state index >= 15 is 0 Å². The van der Waals surface area contributed by atoms with Crippen molar-refractivity contribution < 1.29 is 33.0 Å². The summed E-state index contributed by atoms with van der Waals surface area (Å²) in [5.74, 6) is -1.80. The Hall–Kier alpha value is -3.80. The largest absolute Gasteiger partial charge is 0.462 e. The molecule has 208 valence electrons. The van der Waals surface area contributed by atoms with Gasteiger partial charge in [-0.25, -0.2) is 9.55 Å². The Morgan fingerprint density at radius 3 is 2.74 bits per heavy atom. The van der Waals surface area contributed by atoms with Crippen LogP contribution in [0.25, 0.3) is 11.2 Å². The minimum absolute atomic E-state index is 0.0362. The first-order valence-electron chi connectivity index (χ1n) is 11.9. The molecule has 0 bridgehead atoms. The maximum absolute atomic E-state index is 13.7. The van der Waals surface area contributed by atoms with Gasteiger partial charge in [-0.1, -0.05) is 18.2 Å². The molecule has 1 fully saturated rings. The minimum atomic E-state index is -4.25. The molecular weight excluding hydrogens is 533 g/mol. The summed E-state index contributed by atoms with van der Waals surface area (Å²) in [6.45, 7) is 4.28. The third-order valence-electron chi connectivity index (χ3n) is 5.68. The molecule has 6 atom stereocenters. The predicted octanol–water partition coefficient (Wildman–Crippen LogP) is 1.23. The second-order valence-electron chi connectivity index (χ2n) is 9.02. The molecule has 3 aromatic rings. The summed E-state index contributed by atoms with van der Waals surface area (Å²) in [6.07, 6.45) is -2.85. The molecule has 15 nitrogen and oxygen atoms in total. The Labute approximate surface area is 222 Å². The van der Waals surface area contributed by atoms with Gasteiger partial charge in [-0.15, -0.1) is 0 Å². The predicted molar refractivity (Wildman–Crippen MR) is 136 cm³/mol. The van der Waals surface area contributed by atoms with E-state index in [-0.39, 0.29) is 22.9 Å². The van der Waals surface area contributed by atoms with E-state index in [1.54, 1.807) is 44.2 Å². The first kappa shape index (κ1) is 28.2. The second kappa shape index (κ2) is 11.5. The van der Waals surface area contributed by atoms with Gasteiger partial charge in [-0.05, 0) is 32.9 Å². The van der Waals surface area contributed by atoms with Gasteiger partial charge in [0.05, 0.1) is 25.1 Å². The number of aromatic nitrogens is 4. The highest BCUT2D eigenvalue weighted by atomic mass is 31.2. The summed E-state index contributed by atoms with van der Waals surface area (Å²) in [4.78, 5) is 34.9. The number of nitrogens with two attached hydrogens (primary N) is 1. The van der Waals surface area contributed by atoms with Gasteiger partial charge in [0.25, 0.3) is 5.56 Å². The number of nitrogens with zero attached hydrogens (tertiary/aromatic N) is 4. The van der Waals surface area contributed by atoms with Gasteiger partial charge in [0.1, 0.15) is 29.9 Å². The third-order valence-corrected chi connectivity index (χ3v) is 7.32. The number of carbonyl (C=O) groups excluding carboxylic acids is 1. The standard InChI is InChI=1S/C23H28N7O8P/c1-12(2)36-22(33)13(3)29-39(34,38-14-7-5-4-6-8-14)35-10-16-18(31)15(9-24)21(37-16)30-11-26-17-19(30)27-23(25)28-20(17)32/h4-8,11-13,15-16,18,21,31H,10H2,1-3H3,(H,29,34)(H3,25,27,28,32). The van der Waals surface area contributed by atoms with Crippen LogP contribution in [0.5, 0.6) is 5.75 Å². The van der Waals surface area contributed by atoms with Crippen LogP contribution in [0.3, 0.4) is 0 Å². The topological polar surface area (TPSA) is 217 Å². The number of para-hydroxylation sites is 1. The van der Waals surface area contributed by atoms with Gasteiger partial charge in [0, 0.05) is 0 Å². The second-order valence-corrected chi connectivity index (χ2v) is 10.7. The van der Waals surface area contributed by atoms with Crippen LogP contribution in [0.1, 0.15) is 27.0 Å². The van der Waals surface area contributed by atoms with Crippen molar-refractivity contribution in [2.45, 2.75) is 51.4 Å². The number of nitrogen functional groups attached to an aromatic ring is 1. The number of esters is 1. The molecule has 3 heterocycles. The Kier molecular flexibility index (Phi) is 8.34. The summed E-state index contributed by atoms with van der Waals surface area (Å²) in [6, 6.07) is 9.03. The number of hydrogen-bond donors (Lipinski definition) is 4. The van der Waals surface area contributed by atoms with Crippen molar-refractivity contribution in [3.63, 3.8) is 0 Å². The molecule has 1 aliphatic heterocycles. The number of rotatable bonds is 10. The Bertz CT molecular complexity index is 1470. The zero-order chi connectivity index (χ0) is 28.3. The van der Waals surface area contributed by atoms with E-state index < -0.39 is 62.4 Å². The molecule has 0 radical (unpaired) electrons. The van der Waals surface area contributed by atoms with Gasteiger partial charge in [0.15, 0.2) is 17.4 Å². The fourth-order valence-electron chi connectivity index (χ4n) is 3.90. The summed E-state index contributed by atoms with van der Waals surface area (Å²) in [5.41, 5.74) is 5.08. The van der Waals surface area contributed by atoms with Crippen molar-refractivity contribution in [1.82, 2.24) is 24.6 Å². The maximum atomic E-state index is 13.7. The van der Waals surface area contributed by atoms with E-state index in [9.17, 15) is 24.5 Å². The third kappa shape index (κ3) is 6.27. The average Bonchev–Trinajstić information content (AvgIpc) is 3.43. The lowest BCUT2D eigenvalue weighted by Crippen LogP contribution is -2.37. The highest BCUT2D eigenvalue weighted by Gasteiger charge is 2.47. The van der Waals surface area contributed by atoms with Crippen LogP contribution in [0.15, 0.2) is 41.5 Å². The number of nitriles is 1. The van der Waals surface area contributed by atoms with E-state index in [4.69, 9.17) is 24.3 Å². The quantitative estimate of drug-likeness (QED) is 0.202. The van der Waals surface area contributed by atoms with Crippen LogP contribution < -0.4 is 20.9 Å². The average molecular weight is 561 g/mol. The normalized spacial score (nSPS) is 23.3. The summed E-state index contributed by atoms with van der Waals surface area (Å²) in [7, 11) is -4.25. The van der Waals surface area contributed by atoms with E-state index in [1.165, 1.54) is 17.8 Å². The lowest BCUT2D eigenvalue weighted by molar-refractivity contribution is -0.149. The Balaban J connectivity index is 1.55. The van der Waals surface area contributed by atoms with Crippen LogP contribution in [-0.2, 0) is 23.4 Å². The van der Waals surface area contributed by atoms with Crippen LogP contribution >= 0.6 is 7.75 Å². The van der Waals surface area contributed by atoms with Gasteiger partial charge < -0.3 is 24.8 Å². The number of ether oxygens (including phenoxy) is 2. The molecule has 0 aliphatic carbocycles. The summed E-state index contributed by atoms with van der Waals surface area (Å²) in [5, 5.41) is 23.2. The van der Waals surface area contributed by atoms with Crippen LogP contribution in [0.2, 0.25) is 0 Å². The van der Waals surface area contributed by atoms with E-state index in [2.05, 4.69) is 20.0 Å². The van der Waals surface area contributed by atoms with Crippen LogP contribution in [0.4, 0.5) is 5.95 Å². The smallest absolute Gasteiger partial charge is 0.459 e. The van der Waals surface area contributed by atoms with E-state index in [1.807, 2.05) is 6.07 Å². The van der Waals surface area contributed by atoms with Crippen molar-refractivity contribution in [2.75, 3.05) is 12.3 Å². The molecule has 1 saturated heterocycles. The lowest BCUT2D eigenvalue weighted by Gasteiger charge is -2.25. The molecule has 6 unspecified atom stereocenters. The highest BCUT2D eigenvalue weighted by Crippen LogP contribution is 2.46. The number of hydrogen-bond acceptors (Lipinski definition) is 12. The number of aliphatic hydroxyl groups is 1. The van der Waals surface area contributed by atoms with Crippen molar-refractivity contribution in [3.05, 3.63) is 47.0 Å². The fraction of sp³-hybridized carbons (Fsp3) is 0.435. The van der Waals surface area contributed by atoms with E-state index in [0.717, 1.165) is 0 Å². The molecule has 0 amide bonds. The molecule has 0 saturated carbocycles. The summed E-state index contributed by atoms with van der Waals surface area (Å²) >= 11 is 0. The van der Waals surface area contributed by atoms with Gasteiger partial charge in [-0.3, -0.25) is 23.7 Å². The highest BCUT2D eigenvalue weighted by molar-refractivity contribution is 7.52. The van der Waals surface area contributed by atoms with Gasteiger partial charge >= 0.3 is 13.7 Å². The SMILES string of the molecule is CC(C)OC(=O)C(C)NP(=O)(OCC1OC(n2cnc3c(=O)[nH]c(N)nc32)C(C#N)C1O)Oc1ccccc1. The van der Waals surface area contributed by atoms with Crippen LogP contribution in [-0.4, -0.2) is 61.6 Å². The number of imidazole rings is 1. The van der Waals surface area contributed by atoms with Crippen molar-refractivity contribution >= 4 is 30.8 Å². The number of aliphatic hydroxyl groups excluding tert-OH is 1. The van der Waals surface area contributed by atoms with Gasteiger partial charge in [-0.2, -0.15) is 15.3 Å². The molecule has 39 heavy (non-hydrogen) atoms. The zero-order valence-corrected chi connectivity index (χ0v) is 22.1. The number of carbonyl (C=O) groups is 1. The summed E-state index contributed by atoms with van der Waals surface area (Å²) < 4.78 is 37.3. The Morgan fingerprint density at radius 2 is 2.08 bits per heavy atom. The number of nitrogens with one attached hydrogen (secondary N) is 2. The molecule has 1 aromatic carbocycles. The van der Waals surface area contributed by atoms with E-state index in [0.29, 0.717) is 0 Å². The van der Waals surface area contributed by atoms with Crippen molar-refractivity contribution in [1.29, 1.82) is 5.26 Å². The molecule has 5 N–H and O–H groups in total. The monoisotopic (exact) mass is 561 g/mol. The molecule has 2 aromatic heterocycles. The first-order valence-corrected chi connectivity index (χ1v) is 13.5.